The summed E-state index contributed by atoms with van der Waals surface area (Å²) in [6.45, 7) is 1.83. The number of amidine groups is 1. The van der Waals surface area contributed by atoms with Crippen molar-refractivity contribution in [2.24, 2.45) is 5.73 Å². The predicted octanol–water partition coefficient (Wildman–Crippen LogP) is 0.516. The second-order valence-electron chi connectivity index (χ2n) is 3.17. The fraction of sp³-hybridized carbons (Fsp3) is 0.222. The largest absolute Gasteiger partial charge is 0.387 e. The molecule has 0 bridgehead atoms. The summed E-state index contributed by atoms with van der Waals surface area (Å²) in [6.07, 6.45) is 2.18. The Morgan fingerprint density at radius 1 is 1.57 bits per heavy atom. The van der Waals surface area contributed by atoms with E-state index in [1.54, 1.807) is 10.7 Å². The zero-order valence-electron chi connectivity index (χ0n) is 7.86. The Hall–Kier alpha value is -1.91. The highest BCUT2D eigenvalue weighted by Crippen LogP contribution is 2.07. The number of nitrogens with two attached hydrogens (primary N) is 1. The maximum atomic E-state index is 7.22. The first kappa shape index (κ1) is 8.68. The van der Waals surface area contributed by atoms with Gasteiger partial charge < -0.3 is 5.73 Å². The molecule has 3 N–H and O–H groups in total. The van der Waals surface area contributed by atoms with Gasteiger partial charge in [0.2, 0.25) is 0 Å². The molecule has 0 atom stereocenters. The molecule has 2 aromatic rings. The molecule has 0 fully saturated rings. The van der Waals surface area contributed by atoms with Crippen molar-refractivity contribution in [3.05, 3.63) is 29.8 Å². The Balaban J connectivity index is 2.55. The molecule has 2 aromatic heterocycles. The van der Waals surface area contributed by atoms with Gasteiger partial charge in [-0.15, -0.1) is 0 Å². The molecule has 0 aromatic carbocycles. The molecular weight excluding hydrogens is 178 g/mol. The Morgan fingerprint density at radius 3 is 3.07 bits per heavy atom. The molecule has 0 spiro atoms. The van der Waals surface area contributed by atoms with Crippen molar-refractivity contribution in [1.29, 1.82) is 5.41 Å². The lowest BCUT2D eigenvalue weighted by Gasteiger charge is -2.00. The third kappa shape index (κ3) is 1.44. The summed E-state index contributed by atoms with van der Waals surface area (Å²) < 4.78 is 1.77. The molecule has 0 saturated heterocycles. The Labute approximate surface area is 81.1 Å². The van der Waals surface area contributed by atoms with E-state index in [1.807, 2.05) is 19.1 Å². The van der Waals surface area contributed by atoms with Crippen LogP contribution in [0.4, 0.5) is 0 Å². The van der Waals surface area contributed by atoms with E-state index >= 15 is 0 Å². The van der Waals surface area contributed by atoms with Crippen LogP contribution in [0.2, 0.25) is 0 Å². The Morgan fingerprint density at radius 2 is 2.36 bits per heavy atom. The number of rotatable bonds is 2. The van der Waals surface area contributed by atoms with Crippen LogP contribution in [0.1, 0.15) is 11.5 Å². The molecule has 0 aliphatic heterocycles. The predicted molar refractivity (Wildman–Crippen MR) is 53.3 cm³/mol. The SMILES string of the molecule is Cc1ncc2ccc(CC(=N)N)n2n1. The maximum Gasteiger partial charge on any atom is 0.146 e. The van der Waals surface area contributed by atoms with Crippen LogP contribution < -0.4 is 5.73 Å². The summed E-state index contributed by atoms with van der Waals surface area (Å²) in [5.74, 6) is 0.847. The van der Waals surface area contributed by atoms with E-state index in [4.69, 9.17) is 11.1 Å². The summed E-state index contributed by atoms with van der Waals surface area (Å²) in [6, 6.07) is 3.82. The van der Waals surface area contributed by atoms with Gasteiger partial charge in [-0.1, -0.05) is 0 Å². The Kier molecular flexibility index (Phi) is 1.92. The van der Waals surface area contributed by atoms with Crippen molar-refractivity contribution in [2.75, 3.05) is 0 Å². The molecule has 2 rings (SSSR count). The van der Waals surface area contributed by atoms with Crippen LogP contribution in [0.25, 0.3) is 5.52 Å². The molecule has 5 heteroatoms. The highest BCUT2D eigenvalue weighted by molar-refractivity contribution is 5.79. The number of nitrogens with zero attached hydrogens (tertiary/aromatic N) is 3. The molecule has 0 aliphatic rings. The van der Waals surface area contributed by atoms with Crippen molar-refractivity contribution < 1.29 is 0 Å². The monoisotopic (exact) mass is 189 g/mol. The van der Waals surface area contributed by atoms with E-state index in [-0.39, 0.29) is 5.84 Å². The molecule has 5 nitrogen and oxygen atoms in total. The van der Waals surface area contributed by atoms with Crippen LogP contribution in [-0.4, -0.2) is 20.4 Å². The zero-order chi connectivity index (χ0) is 10.1. The maximum absolute atomic E-state index is 7.22. The molecule has 0 aliphatic carbocycles. The van der Waals surface area contributed by atoms with Crippen LogP contribution in [0.15, 0.2) is 18.3 Å². The van der Waals surface area contributed by atoms with Crippen LogP contribution in [0, 0.1) is 12.3 Å². The normalized spacial score (nSPS) is 10.6. The number of hydrogen-bond acceptors (Lipinski definition) is 3. The van der Waals surface area contributed by atoms with E-state index < -0.39 is 0 Å². The van der Waals surface area contributed by atoms with Crippen LogP contribution >= 0.6 is 0 Å². The van der Waals surface area contributed by atoms with Crippen LogP contribution in [0.3, 0.4) is 0 Å². The van der Waals surface area contributed by atoms with Gasteiger partial charge in [0.05, 0.1) is 23.2 Å². The fourth-order valence-corrected chi connectivity index (χ4v) is 1.37. The highest BCUT2D eigenvalue weighted by Gasteiger charge is 2.04. The van der Waals surface area contributed by atoms with E-state index in [9.17, 15) is 0 Å². The van der Waals surface area contributed by atoms with Gasteiger partial charge in [0.15, 0.2) is 0 Å². The third-order valence-electron chi connectivity index (χ3n) is 1.96. The fourth-order valence-electron chi connectivity index (χ4n) is 1.37. The van der Waals surface area contributed by atoms with Crippen molar-refractivity contribution >= 4 is 11.4 Å². The number of nitrogens with one attached hydrogen (secondary N) is 1. The quantitative estimate of drug-likeness (QED) is 0.533. The lowest BCUT2D eigenvalue weighted by Crippen LogP contribution is -2.14. The minimum Gasteiger partial charge on any atom is -0.387 e. The first-order chi connectivity index (χ1) is 6.66. The lowest BCUT2D eigenvalue weighted by molar-refractivity contribution is 0.822. The van der Waals surface area contributed by atoms with Crippen LogP contribution in [0.5, 0.6) is 0 Å². The standard InChI is InChI=1S/C9H11N5/c1-6-12-5-8-3-2-7(4-9(10)11)14(8)13-6/h2-3,5H,4H2,1H3,(H3,10,11). The summed E-state index contributed by atoms with van der Waals surface area (Å²) in [5.41, 5.74) is 7.18. The second kappa shape index (κ2) is 3.10. The molecule has 0 radical (unpaired) electrons. The first-order valence-corrected chi connectivity index (χ1v) is 4.30. The van der Waals surface area contributed by atoms with Crippen molar-refractivity contribution in [2.45, 2.75) is 13.3 Å². The minimum atomic E-state index is 0.140. The van der Waals surface area contributed by atoms with Gasteiger partial charge in [-0.3, -0.25) is 5.41 Å². The summed E-state index contributed by atoms with van der Waals surface area (Å²) in [5, 5.41) is 11.5. The Bertz CT molecular complexity index is 485. The summed E-state index contributed by atoms with van der Waals surface area (Å²) >= 11 is 0. The van der Waals surface area contributed by atoms with Gasteiger partial charge >= 0.3 is 0 Å². The van der Waals surface area contributed by atoms with E-state index in [0.717, 1.165) is 11.2 Å². The average Bonchev–Trinajstić information content (AvgIpc) is 2.47. The number of aromatic nitrogens is 3. The molecular formula is C9H11N5. The van der Waals surface area contributed by atoms with Gasteiger partial charge in [-0.2, -0.15) is 5.10 Å². The number of aryl methyl sites for hydroxylation is 1. The van der Waals surface area contributed by atoms with Gasteiger partial charge in [0, 0.05) is 6.42 Å². The van der Waals surface area contributed by atoms with E-state index in [1.165, 1.54) is 0 Å². The summed E-state index contributed by atoms with van der Waals surface area (Å²) in [4.78, 5) is 4.08. The highest BCUT2D eigenvalue weighted by atomic mass is 15.3. The molecule has 0 amide bonds. The van der Waals surface area contributed by atoms with Crippen molar-refractivity contribution in [1.82, 2.24) is 14.6 Å². The zero-order valence-corrected chi connectivity index (χ0v) is 7.86. The van der Waals surface area contributed by atoms with Gasteiger partial charge in [-0.05, 0) is 19.1 Å². The number of fused-ring (bicyclic) bond motifs is 1. The van der Waals surface area contributed by atoms with Crippen LogP contribution in [-0.2, 0) is 6.42 Å². The van der Waals surface area contributed by atoms with E-state index in [2.05, 4.69) is 10.1 Å². The second-order valence-corrected chi connectivity index (χ2v) is 3.17. The summed E-state index contributed by atoms with van der Waals surface area (Å²) in [7, 11) is 0. The molecule has 14 heavy (non-hydrogen) atoms. The topological polar surface area (TPSA) is 80.1 Å². The first-order valence-electron chi connectivity index (χ1n) is 4.30. The van der Waals surface area contributed by atoms with Gasteiger partial charge in [0.1, 0.15) is 5.82 Å². The van der Waals surface area contributed by atoms with Gasteiger partial charge in [0.25, 0.3) is 0 Å². The number of hydrogen-bond donors (Lipinski definition) is 2. The molecule has 2 heterocycles. The molecule has 0 unspecified atom stereocenters. The van der Waals surface area contributed by atoms with Gasteiger partial charge in [-0.25, -0.2) is 9.50 Å². The minimum absolute atomic E-state index is 0.140. The molecule has 0 saturated carbocycles. The van der Waals surface area contributed by atoms with Crippen molar-refractivity contribution in [3.63, 3.8) is 0 Å². The smallest absolute Gasteiger partial charge is 0.146 e. The average molecular weight is 189 g/mol. The van der Waals surface area contributed by atoms with Crippen molar-refractivity contribution in [3.8, 4) is 0 Å². The third-order valence-corrected chi connectivity index (χ3v) is 1.96. The van der Waals surface area contributed by atoms with E-state index in [0.29, 0.717) is 12.2 Å². The molecule has 72 valence electrons. The lowest BCUT2D eigenvalue weighted by atomic mass is 10.3.